The zero-order valence-corrected chi connectivity index (χ0v) is 17.0. The van der Waals surface area contributed by atoms with Crippen LogP contribution < -0.4 is 5.32 Å². The van der Waals surface area contributed by atoms with Gasteiger partial charge in [0, 0.05) is 43.3 Å². The topological polar surface area (TPSA) is 104 Å². The summed E-state index contributed by atoms with van der Waals surface area (Å²) in [5.41, 5.74) is 1.16. The Hall–Kier alpha value is -2.42. The number of rotatable bonds is 4. The van der Waals surface area contributed by atoms with Gasteiger partial charge < -0.3 is 15.1 Å². The first kappa shape index (κ1) is 19.9. The molecular weight excluding hydrogens is 394 g/mol. The van der Waals surface area contributed by atoms with Crippen molar-refractivity contribution in [3.63, 3.8) is 0 Å². The van der Waals surface area contributed by atoms with Crippen molar-refractivity contribution in [1.29, 1.82) is 0 Å². The number of nitrogens with one attached hydrogen (secondary N) is 1. The third kappa shape index (κ3) is 4.29. The highest BCUT2D eigenvalue weighted by Crippen LogP contribution is 2.27. The van der Waals surface area contributed by atoms with E-state index in [4.69, 9.17) is 0 Å². The van der Waals surface area contributed by atoms with Gasteiger partial charge in [0.05, 0.1) is 17.4 Å². The second kappa shape index (κ2) is 7.78. The minimum Gasteiger partial charge on any atom is -0.339 e. The van der Waals surface area contributed by atoms with Gasteiger partial charge in [-0.15, -0.1) is 0 Å². The number of benzene rings is 1. The maximum absolute atomic E-state index is 12.6. The number of hydrogen-bond donors (Lipinski definition) is 1. The quantitative estimate of drug-likeness (QED) is 0.781. The molecule has 156 valence electrons. The van der Waals surface area contributed by atoms with E-state index in [-0.39, 0.29) is 48.2 Å². The Balaban J connectivity index is 1.34. The molecule has 0 aliphatic carbocycles. The van der Waals surface area contributed by atoms with E-state index in [9.17, 15) is 22.8 Å². The van der Waals surface area contributed by atoms with Crippen molar-refractivity contribution in [3.05, 3.63) is 29.8 Å². The van der Waals surface area contributed by atoms with Crippen LogP contribution in [0.15, 0.2) is 24.3 Å². The van der Waals surface area contributed by atoms with E-state index in [0.29, 0.717) is 17.7 Å². The lowest BCUT2D eigenvalue weighted by atomic mass is 10.1. The smallest absolute Gasteiger partial charge is 0.253 e. The second-order valence-corrected chi connectivity index (χ2v) is 10.3. The minimum atomic E-state index is -3.09. The lowest BCUT2D eigenvalue weighted by molar-refractivity contribution is -0.129. The van der Waals surface area contributed by atoms with Gasteiger partial charge in [0.25, 0.3) is 5.91 Å². The third-order valence-corrected chi connectivity index (χ3v) is 7.72. The first-order valence-corrected chi connectivity index (χ1v) is 11.8. The number of hydrogen-bond acceptors (Lipinski definition) is 5. The maximum atomic E-state index is 12.6. The second-order valence-electron chi connectivity index (χ2n) is 8.07. The van der Waals surface area contributed by atoms with Crippen LogP contribution >= 0.6 is 0 Å². The molecule has 1 aromatic carbocycles. The first-order valence-electron chi connectivity index (χ1n) is 10.0. The fourth-order valence-corrected chi connectivity index (χ4v) is 6.06. The molecule has 0 spiro atoms. The number of amides is 3. The molecular formula is C20H25N3O5S. The van der Waals surface area contributed by atoms with Crippen LogP contribution in [0.25, 0.3) is 0 Å². The van der Waals surface area contributed by atoms with Crippen molar-refractivity contribution in [2.75, 3.05) is 36.5 Å². The number of likely N-dealkylation sites (tertiary alicyclic amines) is 2. The van der Waals surface area contributed by atoms with Gasteiger partial charge in [-0.3, -0.25) is 14.4 Å². The van der Waals surface area contributed by atoms with Gasteiger partial charge >= 0.3 is 0 Å². The third-order valence-electron chi connectivity index (χ3n) is 5.97. The highest BCUT2D eigenvalue weighted by Gasteiger charge is 2.41. The summed E-state index contributed by atoms with van der Waals surface area (Å²) >= 11 is 0. The lowest BCUT2D eigenvalue weighted by Crippen LogP contribution is -2.38. The van der Waals surface area contributed by atoms with E-state index in [1.807, 2.05) is 4.90 Å². The summed E-state index contributed by atoms with van der Waals surface area (Å²) in [6.07, 6.45) is 2.59. The van der Waals surface area contributed by atoms with Gasteiger partial charge in [0.15, 0.2) is 9.84 Å². The van der Waals surface area contributed by atoms with E-state index in [1.54, 1.807) is 29.2 Å². The summed E-state index contributed by atoms with van der Waals surface area (Å²) in [5.74, 6) is -0.847. The average Bonchev–Trinajstić information content (AvgIpc) is 3.41. The van der Waals surface area contributed by atoms with Gasteiger partial charge in [0.2, 0.25) is 11.8 Å². The summed E-state index contributed by atoms with van der Waals surface area (Å²) in [6, 6.07) is 6.47. The summed E-state index contributed by atoms with van der Waals surface area (Å²) in [6.45, 7) is 1.81. The van der Waals surface area contributed by atoms with Crippen LogP contribution in [0, 0.1) is 5.92 Å². The van der Waals surface area contributed by atoms with Crippen molar-refractivity contribution >= 4 is 33.2 Å². The maximum Gasteiger partial charge on any atom is 0.253 e. The molecule has 3 amide bonds. The van der Waals surface area contributed by atoms with Gasteiger partial charge in [0.1, 0.15) is 0 Å². The molecule has 9 heteroatoms. The van der Waals surface area contributed by atoms with Crippen LogP contribution in [0.3, 0.4) is 0 Å². The Bertz CT molecular complexity index is 922. The summed E-state index contributed by atoms with van der Waals surface area (Å²) in [5, 5.41) is 2.81. The molecule has 2 atom stereocenters. The average molecular weight is 420 g/mol. The minimum absolute atomic E-state index is 0.00363. The summed E-state index contributed by atoms with van der Waals surface area (Å²) in [4.78, 5) is 40.7. The fourth-order valence-electron chi connectivity index (χ4n) is 4.32. The Kier molecular flexibility index (Phi) is 5.33. The predicted molar refractivity (Wildman–Crippen MR) is 107 cm³/mol. The van der Waals surface area contributed by atoms with E-state index in [2.05, 4.69) is 5.32 Å². The molecule has 0 bridgehead atoms. The van der Waals surface area contributed by atoms with E-state index in [0.717, 1.165) is 25.9 Å². The molecule has 0 radical (unpaired) electrons. The van der Waals surface area contributed by atoms with Crippen molar-refractivity contribution in [2.45, 2.75) is 31.7 Å². The van der Waals surface area contributed by atoms with Crippen LogP contribution in [0.1, 0.15) is 36.0 Å². The van der Waals surface area contributed by atoms with Crippen molar-refractivity contribution in [3.8, 4) is 0 Å². The molecule has 3 heterocycles. The van der Waals surface area contributed by atoms with Crippen LogP contribution in [0.4, 0.5) is 5.69 Å². The molecule has 3 saturated heterocycles. The molecule has 29 heavy (non-hydrogen) atoms. The van der Waals surface area contributed by atoms with Gasteiger partial charge in [-0.1, -0.05) is 0 Å². The number of sulfone groups is 1. The molecule has 0 aromatic heterocycles. The SMILES string of the molecule is O=C(Nc1ccc(C(=O)N2CCCC2)cc1)[C@H]1CC(=O)N([C@H]2CCS(=O)(=O)C2)C1. The van der Waals surface area contributed by atoms with Crippen LogP contribution in [-0.4, -0.2) is 73.1 Å². The number of anilines is 1. The molecule has 1 aromatic rings. The van der Waals surface area contributed by atoms with Crippen LogP contribution in [-0.2, 0) is 19.4 Å². The first-order chi connectivity index (χ1) is 13.8. The number of nitrogens with zero attached hydrogens (tertiary/aromatic N) is 2. The van der Waals surface area contributed by atoms with Crippen LogP contribution in [0.5, 0.6) is 0 Å². The molecule has 3 aliphatic heterocycles. The van der Waals surface area contributed by atoms with Gasteiger partial charge in [-0.2, -0.15) is 0 Å². The van der Waals surface area contributed by atoms with Crippen molar-refractivity contribution < 1.29 is 22.8 Å². The van der Waals surface area contributed by atoms with Crippen molar-refractivity contribution in [1.82, 2.24) is 9.80 Å². The monoisotopic (exact) mass is 419 g/mol. The number of carbonyl (C=O) groups is 3. The normalized spacial score (nSPS) is 26.1. The van der Waals surface area contributed by atoms with Gasteiger partial charge in [-0.05, 0) is 43.5 Å². The zero-order valence-electron chi connectivity index (χ0n) is 16.2. The van der Waals surface area contributed by atoms with Gasteiger partial charge in [-0.25, -0.2) is 8.42 Å². The Labute approximate surface area is 170 Å². The molecule has 8 nitrogen and oxygen atoms in total. The highest BCUT2D eigenvalue weighted by atomic mass is 32.2. The molecule has 1 N–H and O–H groups in total. The predicted octanol–water partition coefficient (Wildman–Crippen LogP) is 0.897. The number of carbonyl (C=O) groups excluding carboxylic acids is 3. The lowest BCUT2D eigenvalue weighted by Gasteiger charge is -2.23. The Morgan fingerprint density at radius 1 is 1.07 bits per heavy atom. The summed E-state index contributed by atoms with van der Waals surface area (Å²) < 4.78 is 23.4. The molecule has 0 saturated carbocycles. The Morgan fingerprint density at radius 3 is 2.38 bits per heavy atom. The highest BCUT2D eigenvalue weighted by molar-refractivity contribution is 7.91. The zero-order chi connectivity index (χ0) is 20.6. The van der Waals surface area contributed by atoms with Crippen LogP contribution in [0.2, 0.25) is 0 Å². The van der Waals surface area contributed by atoms with E-state index >= 15 is 0 Å². The Morgan fingerprint density at radius 2 is 1.76 bits per heavy atom. The molecule has 0 unspecified atom stereocenters. The summed E-state index contributed by atoms with van der Waals surface area (Å²) in [7, 11) is -3.09. The van der Waals surface area contributed by atoms with E-state index in [1.165, 1.54) is 0 Å². The molecule has 3 fully saturated rings. The standard InChI is InChI=1S/C20H25N3O5S/c24-18-11-15(12-23(18)17-7-10-29(27,28)13-17)19(25)21-16-5-3-14(4-6-16)20(26)22-8-1-2-9-22/h3-6,15,17H,1-2,7-13H2,(H,21,25)/t15-,17-/m0/s1. The molecule has 4 rings (SSSR count). The largest absolute Gasteiger partial charge is 0.339 e. The fraction of sp³-hybridized carbons (Fsp3) is 0.550. The molecule has 3 aliphatic rings. The van der Waals surface area contributed by atoms with Crippen molar-refractivity contribution in [2.24, 2.45) is 5.92 Å². The van der Waals surface area contributed by atoms with E-state index < -0.39 is 15.8 Å².